The molecule has 0 aliphatic heterocycles. The van der Waals surface area contributed by atoms with Crippen molar-refractivity contribution >= 4 is 11.6 Å². The first-order valence-electron chi connectivity index (χ1n) is 5.52. The monoisotopic (exact) mass is 240 g/mol. The molecule has 4 nitrogen and oxygen atoms in total. The molecule has 2 aromatic carbocycles. The second kappa shape index (κ2) is 5.23. The number of amides is 1. The number of rotatable bonds is 3. The third kappa shape index (κ3) is 2.27. The summed E-state index contributed by atoms with van der Waals surface area (Å²) in [5.74, 6) is -0.431. The van der Waals surface area contributed by atoms with Gasteiger partial charge in [-0.25, -0.2) is 0 Å². The lowest BCUT2D eigenvalue weighted by Crippen LogP contribution is -2.25. The summed E-state index contributed by atoms with van der Waals surface area (Å²) in [6.07, 6.45) is 0. The standard InChI is InChI=1S/C14H12N2O2/c1-11-7-5-6-10-13(11)16(15-18)14(17)12-8-3-2-4-9-12/h2-10H,1H3. The molecule has 0 aromatic heterocycles. The van der Waals surface area contributed by atoms with E-state index in [4.69, 9.17) is 0 Å². The highest BCUT2D eigenvalue weighted by molar-refractivity contribution is 6.05. The van der Waals surface area contributed by atoms with E-state index in [1.807, 2.05) is 25.1 Å². The number of para-hydroxylation sites is 1. The first-order chi connectivity index (χ1) is 8.74. The highest BCUT2D eigenvalue weighted by Gasteiger charge is 2.19. The SMILES string of the molecule is Cc1ccccc1N(N=O)C(=O)c1ccccc1. The first kappa shape index (κ1) is 12.0. The van der Waals surface area contributed by atoms with Gasteiger partial charge in [0.1, 0.15) is 0 Å². The van der Waals surface area contributed by atoms with Crippen molar-refractivity contribution in [3.63, 3.8) is 0 Å². The average Bonchev–Trinajstić information content (AvgIpc) is 2.42. The van der Waals surface area contributed by atoms with Crippen molar-refractivity contribution < 1.29 is 4.79 Å². The van der Waals surface area contributed by atoms with Gasteiger partial charge in [0, 0.05) is 5.56 Å². The number of anilines is 1. The fourth-order valence-corrected chi connectivity index (χ4v) is 1.69. The normalized spacial score (nSPS) is 9.83. The lowest BCUT2D eigenvalue weighted by molar-refractivity contribution is 0.0987. The van der Waals surface area contributed by atoms with Crippen LogP contribution in [0.15, 0.2) is 59.9 Å². The number of carbonyl (C=O) groups excluding carboxylic acids is 1. The Bertz CT molecular complexity index is 567. The molecule has 0 saturated heterocycles. The van der Waals surface area contributed by atoms with Crippen LogP contribution in [0, 0.1) is 11.8 Å². The van der Waals surface area contributed by atoms with Crippen molar-refractivity contribution in [2.45, 2.75) is 6.92 Å². The quantitative estimate of drug-likeness (QED) is 0.610. The van der Waals surface area contributed by atoms with Gasteiger partial charge in [0.05, 0.1) is 11.0 Å². The smallest absolute Gasteiger partial charge is 0.267 e. The molecule has 0 aliphatic rings. The molecule has 0 aliphatic carbocycles. The van der Waals surface area contributed by atoms with Crippen LogP contribution in [-0.4, -0.2) is 5.91 Å². The van der Waals surface area contributed by atoms with Crippen LogP contribution in [0.2, 0.25) is 0 Å². The number of carbonyl (C=O) groups is 1. The second-order valence-corrected chi connectivity index (χ2v) is 3.85. The minimum atomic E-state index is -0.431. The van der Waals surface area contributed by atoms with Gasteiger partial charge in [0.25, 0.3) is 5.91 Å². The van der Waals surface area contributed by atoms with Crippen molar-refractivity contribution in [3.8, 4) is 0 Å². The maximum Gasteiger partial charge on any atom is 0.281 e. The van der Waals surface area contributed by atoms with E-state index in [1.165, 1.54) is 0 Å². The zero-order valence-electron chi connectivity index (χ0n) is 9.91. The van der Waals surface area contributed by atoms with Crippen molar-refractivity contribution in [1.82, 2.24) is 0 Å². The zero-order chi connectivity index (χ0) is 13.0. The predicted molar refractivity (Wildman–Crippen MR) is 70.2 cm³/mol. The van der Waals surface area contributed by atoms with Crippen LogP contribution in [0.4, 0.5) is 5.69 Å². The summed E-state index contributed by atoms with van der Waals surface area (Å²) in [6, 6.07) is 15.7. The van der Waals surface area contributed by atoms with E-state index < -0.39 is 5.91 Å². The Morgan fingerprint density at radius 3 is 2.22 bits per heavy atom. The lowest BCUT2D eigenvalue weighted by Gasteiger charge is -2.15. The summed E-state index contributed by atoms with van der Waals surface area (Å²) in [5.41, 5.74) is 1.75. The Kier molecular flexibility index (Phi) is 3.48. The van der Waals surface area contributed by atoms with E-state index in [1.54, 1.807) is 36.4 Å². The van der Waals surface area contributed by atoms with Crippen LogP contribution in [0.3, 0.4) is 0 Å². The molecule has 4 heteroatoms. The zero-order valence-corrected chi connectivity index (χ0v) is 9.91. The van der Waals surface area contributed by atoms with E-state index in [0.29, 0.717) is 11.3 Å². The molecule has 0 saturated carbocycles. The summed E-state index contributed by atoms with van der Waals surface area (Å²) in [4.78, 5) is 23.1. The number of benzene rings is 2. The molecule has 18 heavy (non-hydrogen) atoms. The van der Waals surface area contributed by atoms with E-state index >= 15 is 0 Å². The fourth-order valence-electron chi connectivity index (χ4n) is 1.69. The van der Waals surface area contributed by atoms with Crippen LogP contribution >= 0.6 is 0 Å². The van der Waals surface area contributed by atoms with Gasteiger partial charge < -0.3 is 0 Å². The molecule has 0 atom stereocenters. The van der Waals surface area contributed by atoms with Crippen molar-refractivity contribution in [3.05, 3.63) is 70.6 Å². The van der Waals surface area contributed by atoms with Gasteiger partial charge in [-0.2, -0.15) is 5.01 Å². The van der Waals surface area contributed by atoms with Crippen LogP contribution in [0.1, 0.15) is 15.9 Å². The van der Waals surface area contributed by atoms with Crippen LogP contribution in [-0.2, 0) is 0 Å². The van der Waals surface area contributed by atoms with Crippen LogP contribution < -0.4 is 5.01 Å². The molecule has 0 heterocycles. The highest BCUT2D eigenvalue weighted by Crippen LogP contribution is 2.21. The molecule has 1 amide bonds. The molecule has 90 valence electrons. The summed E-state index contributed by atoms with van der Waals surface area (Å²) < 4.78 is 0. The van der Waals surface area contributed by atoms with Crippen LogP contribution in [0.25, 0.3) is 0 Å². The largest absolute Gasteiger partial charge is 0.281 e. The Hall–Kier alpha value is -2.49. The van der Waals surface area contributed by atoms with E-state index in [9.17, 15) is 9.70 Å². The maximum absolute atomic E-state index is 12.2. The molecule has 0 unspecified atom stereocenters. The average molecular weight is 240 g/mol. The Balaban J connectivity index is 2.39. The summed E-state index contributed by atoms with van der Waals surface area (Å²) in [5, 5.41) is 3.71. The second-order valence-electron chi connectivity index (χ2n) is 3.85. The topological polar surface area (TPSA) is 49.7 Å². The number of aryl methyl sites for hydroxylation is 1. The summed E-state index contributed by atoms with van der Waals surface area (Å²) >= 11 is 0. The number of nitroso groups, excluding NO2 is 1. The van der Waals surface area contributed by atoms with E-state index in [2.05, 4.69) is 5.29 Å². The molecule has 2 aromatic rings. The van der Waals surface area contributed by atoms with Gasteiger partial charge in [0.2, 0.25) is 0 Å². The maximum atomic E-state index is 12.2. The third-order valence-corrected chi connectivity index (χ3v) is 2.64. The molecule has 0 N–H and O–H groups in total. The predicted octanol–water partition coefficient (Wildman–Crippen LogP) is 3.32. The summed E-state index contributed by atoms with van der Waals surface area (Å²) in [6.45, 7) is 1.83. The molecule has 0 radical (unpaired) electrons. The van der Waals surface area contributed by atoms with Gasteiger partial charge in [-0.15, -0.1) is 4.91 Å². The molecule has 0 spiro atoms. The number of hydrogen-bond donors (Lipinski definition) is 0. The van der Waals surface area contributed by atoms with E-state index in [-0.39, 0.29) is 0 Å². The minimum absolute atomic E-state index is 0.431. The van der Waals surface area contributed by atoms with Crippen molar-refractivity contribution in [2.24, 2.45) is 5.29 Å². The minimum Gasteiger partial charge on any atom is -0.267 e. The molecule has 2 rings (SSSR count). The summed E-state index contributed by atoms with van der Waals surface area (Å²) in [7, 11) is 0. The van der Waals surface area contributed by atoms with Gasteiger partial charge in [-0.3, -0.25) is 4.79 Å². The molecular weight excluding hydrogens is 228 g/mol. The molecule has 0 bridgehead atoms. The molecule has 0 fully saturated rings. The van der Waals surface area contributed by atoms with E-state index in [0.717, 1.165) is 10.6 Å². The van der Waals surface area contributed by atoms with Crippen LogP contribution in [0.5, 0.6) is 0 Å². The van der Waals surface area contributed by atoms with Crippen molar-refractivity contribution in [1.29, 1.82) is 0 Å². The van der Waals surface area contributed by atoms with Gasteiger partial charge in [-0.1, -0.05) is 36.4 Å². The first-order valence-corrected chi connectivity index (χ1v) is 5.52. The lowest BCUT2D eigenvalue weighted by atomic mass is 10.1. The Morgan fingerprint density at radius 2 is 1.61 bits per heavy atom. The number of nitrogens with zero attached hydrogens (tertiary/aromatic N) is 2. The third-order valence-electron chi connectivity index (χ3n) is 2.64. The number of hydrogen-bond acceptors (Lipinski definition) is 3. The van der Waals surface area contributed by atoms with Gasteiger partial charge in [0.15, 0.2) is 0 Å². The van der Waals surface area contributed by atoms with Gasteiger partial charge in [-0.05, 0) is 30.7 Å². The van der Waals surface area contributed by atoms with Crippen molar-refractivity contribution in [2.75, 3.05) is 5.01 Å². The molecular formula is C14H12N2O2. The Morgan fingerprint density at radius 1 is 1.00 bits per heavy atom. The van der Waals surface area contributed by atoms with Gasteiger partial charge >= 0.3 is 0 Å². The highest BCUT2D eigenvalue weighted by atomic mass is 16.3. The Labute approximate surface area is 105 Å². The fraction of sp³-hybridized carbons (Fsp3) is 0.0714.